The molecule has 17 heavy (non-hydrogen) atoms. The smallest absolute Gasteiger partial charge is 0.231 e. The van der Waals surface area contributed by atoms with Crippen LogP contribution in [0.25, 0.3) is 0 Å². The molecule has 3 rings (SSSR count). The van der Waals surface area contributed by atoms with Crippen LogP contribution in [0.2, 0.25) is 0 Å². The monoisotopic (exact) mass is 235 g/mol. The second kappa shape index (κ2) is 4.77. The molecule has 1 aromatic heterocycles. The molecule has 2 bridgehead atoms. The first-order valence-electron chi connectivity index (χ1n) is 6.91. The van der Waals surface area contributed by atoms with Gasteiger partial charge in [-0.25, -0.2) is 0 Å². The standard InChI is InChI=1S/C13H21N3O/c1-2-3-4-5-12-14-13(17-15-12)11-9-16-7-6-10(11)8-16/h10-11H,2-9H2,1H3. The third-order valence-electron chi connectivity index (χ3n) is 4.14. The molecule has 3 unspecified atom stereocenters. The summed E-state index contributed by atoms with van der Waals surface area (Å²) < 4.78 is 5.44. The van der Waals surface area contributed by atoms with Gasteiger partial charge in [-0.1, -0.05) is 24.9 Å². The lowest BCUT2D eigenvalue weighted by atomic mass is 9.93. The molecule has 2 saturated heterocycles. The normalized spacial score (nSPS) is 31.2. The highest BCUT2D eigenvalue weighted by Gasteiger charge is 2.41. The average Bonchev–Trinajstić information content (AvgIpc) is 3.04. The Morgan fingerprint density at radius 2 is 2.29 bits per heavy atom. The minimum atomic E-state index is 0.510. The van der Waals surface area contributed by atoms with Crippen LogP contribution >= 0.6 is 0 Å². The van der Waals surface area contributed by atoms with Gasteiger partial charge in [-0.05, 0) is 25.3 Å². The summed E-state index contributed by atoms with van der Waals surface area (Å²) in [5.74, 6) is 3.07. The summed E-state index contributed by atoms with van der Waals surface area (Å²) in [5.41, 5.74) is 0. The molecule has 1 aromatic rings. The van der Waals surface area contributed by atoms with Crippen molar-refractivity contribution in [2.45, 2.75) is 44.9 Å². The van der Waals surface area contributed by atoms with Crippen LogP contribution in [0.4, 0.5) is 0 Å². The van der Waals surface area contributed by atoms with Crippen molar-refractivity contribution in [3.05, 3.63) is 11.7 Å². The first-order chi connectivity index (χ1) is 8.36. The van der Waals surface area contributed by atoms with Crippen LogP contribution in [-0.4, -0.2) is 34.7 Å². The molecular formula is C13H21N3O. The number of nitrogens with zero attached hydrogens (tertiary/aromatic N) is 3. The van der Waals surface area contributed by atoms with E-state index in [2.05, 4.69) is 22.0 Å². The van der Waals surface area contributed by atoms with Crippen LogP contribution in [0.5, 0.6) is 0 Å². The molecule has 0 amide bonds. The summed E-state index contributed by atoms with van der Waals surface area (Å²) >= 11 is 0. The maximum atomic E-state index is 5.44. The molecule has 2 aliphatic heterocycles. The summed E-state index contributed by atoms with van der Waals surface area (Å²) in [6, 6.07) is 0. The Kier molecular flexibility index (Phi) is 3.14. The first kappa shape index (κ1) is 11.2. The van der Waals surface area contributed by atoms with Crippen molar-refractivity contribution in [3.63, 3.8) is 0 Å². The Labute approximate surface area is 102 Å². The van der Waals surface area contributed by atoms with Gasteiger partial charge in [0.2, 0.25) is 5.89 Å². The maximum Gasteiger partial charge on any atom is 0.231 e. The van der Waals surface area contributed by atoms with Crippen LogP contribution in [-0.2, 0) is 6.42 Å². The van der Waals surface area contributed by atoms with E-state index in [1.165, 1.54) is 38.8 Å². The summed E-state index contributed by atoms with van der Waals surface area (Å²) in [4.78, 5) is 7.09. The highest BCUT2D eigenvalue weighted by atomic mass is 16.5. The maximum absolute atomic E-state index is 5.44. The van der Waals surface area contributed by atoms with Gasteiger partial charge in [0.1, 0.15) is 0 Å². The van der Waals surface area contributed by atoms with Crippen LogP contribution in [0.3, 0.4) is 0 Å². The topological polar surface area (TPSA) is 42.2 Å². The van der Waals surface area contributed by atoms with Gasteiger partial charge in [0.25, 0.3) is 0 Å². The molecule has 0 saturated carbocycles. The predicted molar refractivity (Wildman–Crippen MR) is 64.8 cm³/mol. The lowest BCUT2D eigenvalue weighted by molar-refractivity contribution is 0.288. The van der Waals surface area contributed by atoms with E-state index >= 15 is 0 Å². The van der Waals surface area contributed by atoms with Crippen molar-refractivity contribution in [1.29, 1.82) is 0 Å². The summed E-state index contributed by atoms with van der Waals surface area (Å²) in [6.45, 7) is 5.84. The minimum absolute atomic E-state index is 0.510. The summed E-state index contributed by atoms with van der Waals surface area (Å²) in [7, 11) is 0. The molecule has 4 heteroatoms. The van der Waals surface area contributed by atoms with E-state index in [1.807, 2.05) is 0 Å². The second-order valence-corrected chi connectivity index (χ2v) is 5.42. The van der Waals surface area contributed by atoms with Gasteiger partial charge in [-0.3, -0.25) is 0 Å². The zero-order valence-electron chi connectivity index (χ0n) is 10.6. The number of unbranched alkanes of at least 4 members (excludes halogenated alkanes) is 2. The number of hydrogen-bond donors (Lipinski definition) is 0. The molecule has 0 radical (unpaired) electrons. The average molecular weight is 235 g/mol. The summed E-state index contributed by atoms with van der Waals surface area (Å²) in [5, 5.41) is 4.11. The van der Waals surface area contributed by atoms with Crippen molar-refractivity contribution in [1.82, 2.24) is 15.0 Å². The Balaban J connectivity index is 1.60. The fourth-order valence-electron chi connectivity index (χ4n) is 3.12. The lowest BCUT2D eigenvalue weighted by Gasteiger charge is -2.17. The number of aryl methyl sites for hydroxylation is 1. The van der Waals surface area contributed by atoms with E-state index in [9.17, 15) is 0 Å². The van der Waals surface area contributed by atoms with Gasteiger partial charge in [0.15, 0.2) is 5.82 Å². The summed E-state index contributed by atoms with van der Waals surface area (Å²) in [6.07, 6.45) is 5.94. The fraction of sp³-hybridized carbons (Fsp3) is 0.846. The Morgan fingerprint density at radius 3 is 3.00 bits per heavy atom. The SMILES string of the molecule is CCCCCc1noc(C2CN3CCC2C3)n1. The Bertz CT molecular complexity index is 376. The zero-order chi connectivity index (χ0) is 11.7. The van der Waals surface area contributed by atoms with Gasteiger partial charge in [0.05, 0.1) is 5.92 Å². The number of aromatic nitrogens is 2. The van der Waals surface area contributed by atoms with Gasteiger partial charge in [0, 0.05) is 19.5 Å². The highest BCUT2D eigenvalue weighted by molar-refractivity contribution is 5.05. The molecule has 94 valence electrons. The third-order valence-corrected chi connectivity index (χ3v) is 4.14. The largest absolute Gasteiger partial charge is 0.339 e. The molecule has 3 atom stereocenters. The van der Waals surface area contributed by atoms with E-state index in [1.54, 1.807) is 0 Å². The van der Waals surface area contributed by atoms with E-state index < -0.39 is 0 Å². The Hall–Kier alpha value is -0.900. The quantitative estimate of drug-likeness (QED) is 0.734. The Morgan fingerprint density at radius 1 is 1.35 bits per heavy atom. The second-order valence-electron chi connectivity index (χ2n) is 5.42. The van der Waals surface area contributed by atoms with E-state index in [0.29, 0.717) is 5.92 Å². The van der Waals surface area contributed by atoms with E-state index in [0.717, 1.165) is 30.6 Å². The number of hydrogen-bond acceptors (Lipinski definition) is 4. The number of piperidine rings is 1. The molecule has 0 aliphatic carbocycles. The number of rotatable bonds is 5. The zero-order valence-corrected chi connectivity index (χ0v) is 10.6. The molecule has 4 nitrogen and oxygen atoms in total. The van der Waals surface area contributed by atoms with Crippen molar-refractivity contribution in [3.8, 4) is 0 Å². The first-order valence-corrected chi connectivity index (χ1v) is 6.91. The van der Waals surface area contributed by atoms with Gasteiger partial charge in [-0.15, -0.1) is 0 Å². The van der Waals surface area contributed by atoms with Crippen LogP contribution in [0, 0.1) is 5.92 Å². The van der Waals surface area contributed by atoms with Crippen molar-refractivity contribution in [2.75, 3.05) is 19.6 Å². The molecule has 0 N–H and O–H groups in total. The third kappa shape index (κ3) is 2.23. The van der Waals surface area contributed by atoms with E-state index in [4.69, 9.17) is 4.52 Å². The van der Waals surface area contributed by atoms with Gasteiger partial charge >= 0.3 is 0 Å². The highest BCUT2D eigenvalue weighted by Crippen LogP contribution is 2.38. The molecule has 0 spiro atoms. The van der Waals surface area contributed by atoms with Crippen LogP contribution in [0.15, 0.2) is 4.52 Å². The van der Waals surface area contributed by atoms with Gasteiger partial charge < -0.3 is 9.42 Å². The predicted octanol–water partition coefficient (Wildman–Crippen LogP) is 2.22. The molecular weight excluding hydrogens is 214 g/mol. The van der Waals surface area contributed by atoms with Crippen molar-refractivity contribution in [2.24, 2.45) is 5.92 Å². The van der Waals surface area contributed by atoms with Crippen LogP contribution < -0.4 is 0 Å². The lowest BCUT2D eigenvalue weighted by Crippen LogP contribution is -2.22. The molecule has 3 heterocycles. The van der Waals surface area contributed by atoms with Crippen molar-refractivity contribution >= 4 is 0 Å². The van der Waals surface area contributed by atoms with E-state index in [-0.39, 0.29) is 0 Å². The van der Waals surface area contributed by atoms with Crippen molar-refractivity contribution < 1.29 is 4.52 Å². The number of fused-ring (bicyclic) bond motifs is 2. The fourth-order valence-corrected chi connectivity index (χ4v) is 3.12. The minimum Gasteiger partial charge on any atom is -0.339 e. The molecule has 0 aromatic carbocycles. The van der Waals surface area contributed by atoms with Crippen LogP contribution in [0.1, 0.15) is 50.2 Å². The molecule has 2 aliphatic rings. The molecule has 2 fully saturated rings. The van der Waals surface area contributed by atoms with Gasteiger partial charge in [-0.2, -0.15) is 4.98 Å².